The van der Waals surface area contributed by atoms with Crippen LogP contribution >= 0.6 is 0 Å². The summed E-state index contributed by atoms with van der Waals surface area (Å²) in [7, 11) is 1.56. The van der Waals surface area contributed by atoms with E-state index in [9.17, 15) is 9.90 Å². The van der Waals surface area contributed by atoms with Crippen LogP contribution in [-0.2, 0) is 6.42 Å². The number of benzene rings is 3. The van der Waals surface area contributed by atoms with Gasteiger partial charge >= 0.3 is 0 Å². The molecule has 1 aliphatic heterocycles. The highest BCUT2D eigenvalue weighted by Crippen LogP contribution is 2.52. The number of hydrogen-bond acceptors (Lipinski definition) is 4. The van der Waals surface area contributed by atoms with Crippen molar-refractivity contribution < 1.29 is 14.6 Å². The van der Waals surface area contributed by atoms with Crippen LogP contribution in [0.3, 0.4) is 0 Å². The molecule has 3 unspecified atom stereocenters. The van der Waals surface area contributed by atoms with Crippen LogP contribution in [0.1, 0.15) is 45.4 Å². The van der Waals surface area contributed by atoms with Crippen LogP contribution < -0.4 is 15.4 Å². The van der Waals surface area contributed by atoms with Crippen molar-refractivity contribution in [3.05, 3.63) is 101 Å². The topological polar surface area (TPSA) is 70.6 Å². The molecule has 3 aromatic carbocycles. The van der Waals surface area contributed by atoms with Crippen molar-refractivity contribution in [2.75, 3.05) is 19.0 Å². The maximum absolute atomic E-state index is 13.2. The minimum Gasteiger partial charge on any atom is -0.504 e. The third kappa shape index (κ3) is 3.95. The van der Waals surface area contributed by atoms with Crippen molar-refractivity contribution in [2.45, 2.75) is 24.8 Å². The SMILES string of the molecule is COc1cccc(C2Nc3c(C(=O)NCCc4ccccc4)cccc3C3C=CCC32)c1O. The lowest BCUT2D eigenvalue weighted by Gasteiger charge is -2.38. The zero-order valence-corrected chi connectivity index (χ0v) is 18.6. The van der Waals surface area contributed by atoms with Gasteiger partial charge in [0, 0.05) is 18.0 Å². The second-order valence-corrected chi connectivity index (χ2v) is 8.63. The van der Waals surface area contributed by atoms with E-state index in [-0.39, 0.29) is 29.5 Å². The van der Waals surface area contributed by atoms with Crippen LogP contribution in [0.2, 0.25) is 0 Å². The minimum absolute atomic E-state index is 0.0932. The molecule has 168 valence electrons. The highest BCUT2D eigenvalue weighted by molar-refractivity contribution is 6.00. The number of aromatic hydroxyl groups is 1. The number of methoxy groups -OCH3 is 1. The van der Waals surface area contributed by atoms with Gasteiger partial charge < -0.3 is 20.5 Å². The Hall–Kier alpha value is -3.73. The third-order valence-electron chi connectivity index (χ3n) is 6.77. The Bertz CT molecular complexity index is 1190. The zero-order chi connectivity index (χ0) is 22.8. The lowest BCUT2D eigenvalue weighted by Crippen LogP contribution is -2.32. The quantitative estimate of drug-likeness (QED) is 0.461. The minimum atomic E-state index is -0.133. The number of hydrogen-bond donors (Lipinski definition) is 3. The Labute approximate surface area is 194 Å². The number of amides is 1. The molecule has 0 fully saturated rings. The molecule has 5 rings (SSSR count). The molecule has 0 saturated carbocycles. The van der Waals surface area contributed by atoms with Gasteiger partial charge in [-0.2, -0.15) is 0 Å². The predicted octanol–water partition coefficient (Wildman–Crippen LogP) is 5.20. The molecule has 1 heterocycles. The zero-order valence-electron chi connectivity index (χ0n) is 18.6. The van der Waals surface area contributed by atoms with Crippen molar-refractivity contribution in [2.24, 2.45) is 5.92 Å². The highest BCUT2D eigenvalue weighted by Gasteiger charge is 2.40. The fourth-order valence-electron chi connectivity index (χ4n) is 5.13. The number of allylic oxidation sites excluding steroid dienone is 2. The Morgan fingerprint density at radius 3 is 2.67 bits per heavy atom. The number of phenols is 1. The van der Waals surface area contributed by atoms with Gasteiger partial charge in [0.25, 0.3) is 5.91 Å². The fourth-order valence-corrected chi connectivity index (χ4v) is 5.13. The number of anilines is 1. The molecule has 0 radical (unpaired) electrons. The molecular formula is C28H28N2O3. The van der Waals surface area contributed by atoms with Crippen molar-refractivity contribution in [3.63, 3.8) is 0 Å². The van der Waals surface area contributed by atoms with Crippen molar-refractivity contribution in [1.29, 1.82) is 0 Å². The first kappa shape index (κ1) is 21.1. The van der Waals surface area contributed by atoms with Gasteiger partial charge in [-0.15, -0.1) is 0 Å². The summed E-state index contributed by atoms with van der Waals surface area (Å²) < 4.78 is 5.34. The summed E-state index contributed by atoms with van der Waals surface area (Å²) in [6, 6.07) is 21.5. The molecule has 5 nitrogen and oxygen atoms in total. The van der Waals surface area contributed by atoms with E-state index in [1.165, 1.54) is 5.56 Å². The Morgan fingerprint density at radius 1 is 1.06 bits per heavy atom. The number of carbonyl (C=O) groups is 1. The maximum Gasteiger partial charge on any atom is 0.253 e. The summed E-state index contributed by atoms with van der Waals surface area (Å²) >= 11 is 0. The lowest BCUT2D eigenvalue weighted by atomic mass is 9.76. The molecule has 5 heteroatoms. The summed E-state index contributed by atoms with van der Waals surface area (Å²) in [5.41, 5.74) is 4.58. The molecule has 0 spiro atoms. The molecule has 1 aliphatic carbocycles. The van der Waals surface area contributed by atoms with Gasteiger partial charge in [0.1, 0.15) is 0 Å². The largest absolute Gasteiger partial charge is 0.504 e. The van der Waals surface area contributed by atoms with Gasteiger partial charge in [-0.05, 0) is 42.0 Å². The van der Waals surface area contributed by atoms with E-state index in [1.807, 2.05) is 42.5 Å². The van der Waals surface area contributed by atoms with Gasteiger partial charge in [0.2, 0.25) is 0 Å². The first-order chi connectivity index (χ1) is 16.2. The molecule has 3 N–H and O–H groups in total. The second kappa shape index (κ2) is 9.02. The molecule has 0 aromatic heterocycles. The van der Waals surface area contributed by atoms with Crippen LogP contribution in [0.5, 0.6) is 11.5 Å². The molecule has 3 aromatic rings. The van der Waals surface area contributed by atoms with E-state index >= 15 is 0 Å². The standard InChI is InChI=1S/C28H28N2O3/c1-33-24-15-7-13-22(27(24)31)25-20-11-5-10-19(20)21-12-6-14-23(26(21)30-25)28(32)29-17-16-18-8-3-2-4-9-18/h2-10,12-15,19-20,25,30-31H,11,16-17H2,1H3,(H,29,32). The molecular weight excluding hydrogens is 412 g/mol. The number of para-hydroxylation sites is 2. The van der Waals surface area contributed by atoms with Gasteiger partial charge in [0.05, 0.1) is 24.4 Å². The number of rotatable bonds is 6. The molecule has 3 atom stereocenters. The third-order valence-corrected chi connectivity index (χ3v) is 6.77. The normalized spacial score (nSPS) is 20.5. The summed E-state index contributed by atoms with van der Waals surface area (Å²) in [5.74, 6) is 0.955. The van der Waals surface area contributed by atoms with Crippen LogP contribution in [0, 0.1) is 5.92 Å². The van der Waals surface area contributed by atoms with Crippen LogP contribution in [0.15, 0.2) is 78.9 Å². The lowest BCUT2D eigenvalue weighted by molar-refractivity contribution is 0.0954. The Morgan fingerprint density at radius 2 is 1.85 bits per heavy atom. The van der Waals surface area contributed by atoms with Gasteiger partial charge in [0.15, 0.2) is 11.5 Å². The van der Waals surface area contributed by atoms with Crippen LogP contribution in [0.4, 0.5) is 5.69 Å². The smallest absolute Gasteiger partial charge is 0.253 e. The highest BCUT2D eigenvalue weighted by atomic mass is 16.5. The van der Waals surface area contributed by atoms with Crippen LogP contribution in [-0.4, -0.2) is 24.7 Å². The molecule has 1 amide bonds. The van der Waals surface area contributed by atoms with Crippen molar-refractivity contribution in [3.8, 4) is 11.5 Å². The number of carbonyl (C=O) groups excluding carboxylic acids is 1. The average Bonchev–Trinajstić information content (AvgIpc) is 3.34. The van der Waals surface area contributed by atoms with E-state index < -0.39 is 0 Å². The Balaban J connectivity index is 1.44. The summed E-state index contributed by atoms with van der Waals surface area (Å²) in [6.45, 7) is 0.568. The van der Waals surface area contributed by atoms with E-state index in [2.05, 4.69) is 41.0 Å². The number of nitrogens with one attached hydrogen (secondary N) is 2. The van der Waals surface area contributed by atoms with E-state index in [1.54, 1.807) is 13.2 Å². The van der Waals surface area contributed by atoms with Gasteiger partial charge in [-0.3, -0.25) is 4.79 Å². The number of ether oxygens (including phenoxy) is 1. The maximum atomic E-state index is 13.2. The second-order valence-electron chi connectivity index (χ2n) is 8.63. The molecule has 0 bridgehead atoms. The van der Waals surface area contributed by atoms with Crippen molar-refractivity contribution in [1.82, 2.24) is 5.32 Å². The Kier molecular flexibility index (Phi) is 5.78. The summed E-state index contributed by atoms with van der Waals surface area (Å²) in [4.78, 5) is 13.2. The van der Waals surface area contributed by atoms with Crippen molar-refractivity contribution >= 4 is 11.6 Å². The summed E-state index contributed by atoms with van der Waals surface area (Å²) in [5, 5.41) is 17.5. The monoisotopic (exact) mass is 440 g/mol. The number of fused-ring (bicyclic) bond motifs is 3. The first-order valence-electron chi connectivity index (χ1n) is 11.4. The van der Waals surface area contributed by atoms with E-state index in [0.717, 1.165) is 29.7 Å². The number of phenolic OH excluding ortho intramolecular Hbond substituents is 1. The van der Waals surface area contributed by atoms with E-state index in [0.29, 0.717) is 17.9 Å². The molecule has 33 heavy (non-hydrogen) atoms. The van der Waals surface area contributed by atoms with E-state index in [4.69, 9.17) is 4.74 Å². The van der Waals surface area contributed by atoms with Crippen LogP contribution in [0.25, 0.3) is 0 Å². The first-order valence-corrected chi connectivity index (χ1v) is 11.4. The van der Waals surface area contributed by atoms with Gasteiger partial charge in [-0.1, -0.05) is 66.7 Å². The molecule has 2 aliphatic rings. The fraction of sp³-hybridized carbons (Fsp3) is 0.250. The average molecular weight is 441 g/mol. The summed E-state index contributed by atoms with van der Waals surface area (Å²) in [6.07, 6.45) is 6.11. The molecule has 0 saturated heterocycles. The van der Waals surface area contributed by atoms with Gasteiger partial charge in [-0.25, -0.2) is 0 Å². The predicted molar refractivity (Wildman–Crippen MR) is 130 cm³/mol.